The van der Waals surface area contributed by atoms with E-state index in [2.05, 4.69) is 29.3 Å². The van der Waals surface area contributed by atoms with Crippen molar-refractivity contribution in [2.45, 2.75) is 44.6 Å². The van der Waals surface area contributed by atoms with E-state index in [1.165, 1.54) is 5.56 Å². The number of nitrogens with one attached hydrogen (secondary N) is 1. The maximum Gasteiger partial charge on any atom is 0.228 e. The summed E-state index contributed by atoms with van der Waals surface area (Å²) in [5, 5.41) is 3.21. The molecule has 2 saturated heterocycles. The molecule has 2 heterocycles. The number of carbonyl (C=O) groups excluding carboxylic acids is 2. The lowest BCUT2D eigenvalue weighted by Crippen LogP contribution is -2.48. The van der Waals surface area contributed by atoms with Crippen LogP contribution in [-0.2, 0) is 9.59 Å². The Hall–Kier alpha value is -1.88. The highest BCUT2D eigenvalue weighted by Crippen LogP contribution is 2.47. The van der Waals surface area contributed by atoms with Crippen LogP contribution in [0, 0.1) is 11.3 Å². The highest BCUT2D eigenvalue weighted by atomic mass is 16.2. The van der Waals surface area contributed by atoms with E-state index in [0.29, 0.717) is 11.8 Å². The minimum absolute atomic E-state index is 0.103. The highest BCUT2D eigenvalue weighted by Gasteiger charge is 2.47. The smallest absolute Gasteiger partial charge is 0.228 e. The fourth-order valence-electron chi connectivity index (χ4n) is 4.96. The second-order valence-corrected chi connectivity index (χ2v) is 8.83. The zero-order valence-electron chi connectivity index (χ0n) is 16.5. The van der Waals surface area contributed by atoms with Crippen LogP contribution < -0.4 is 5.32 Å². The third kappa shape index (κ3) is 3.75. The average molecular weight is 370 g/mol. The standard InChI is InChI=1S/C22H31N3O2/c1-16(23-20(26)19-14-18(19)17-6-4-3-5-7-17)15-25-12-9-22(10-13-25)8-11-24(2)21(22)27/h3-7,16,18-19H,8-15H2,1-2H3,(H,23,26)/t16-,18+,19-/m0/s1. The molecule has 2 amide bonds. The van der Waals surface area contributed by atoms with Gasteiger partial charge in [-0.3, -0.25) is 9.59 Å². The SMILES string of the molecule is C[C@@H](CN1CCC2(CC1)CCN(C)C2=O)NC(=O)[C@H]1C[C@@H]1c1ccccc1. The van der Waals surface area contributed by atoms with Gasteiger partial charge in [-0.05, 0) is 57.2 Å². The lowest BCUT2D eigenvalue weighted by molar-refractivity contribution is -0.137. The lowest BCUT2D eigenvalue weighted by atomic mass is 9.77. The third-order valence-corrected chi connectivity index (χ3v) is 6.81. The van der Waals surface area contributed by atoms with Crippen LogP contribution in [0.2, 0.25) is 0 Å². The summed E-state index contributed by atoms with van der Waals surface area (Å²) in [5.41, 5.74) is 1.17. The summed E-state index contributed by atoms with van der Waals surface area (Å²) < 4.78 is 0. The molecule has 1 saturated carbocycles. The molecule has 1 aromatic rings. The second-order valence-electron chi connectivity index (χ2n) is 8.83. The molecule has 1 aliphatic carbocycles. The number of hydrogen-bond donors (Lipinski definition) is 1. The Balaban J connectivity index is 1.22. The van der Waals surface area contributed by atoms with Gasteiger partial charge >= 0.3 is 0 Å². The predicted octanol–water partition coefficient (Wildman–Crippen LogP) is 2.24. The molecule has 5 nitrogen and oxygen atoms in total. The van der Waals surface area contributed by atoms with Crippen molar-refractivity contribution in [3.8, 4) is 0 Å². The molecule has 3 fully saturated rings. The molecule has 0 radical (unpaired) electrons. The Kier molecular flexibility index (Phi) is 4.97. The molecule has 3 aliphatic rings. The summed E-state index contributed by atoms with van der Waals surface area (Å²) in [6, 6.07) is 10.5. The molecule has 4 rings (SSSR count). The largest absolute Gasteiger partial charge is 0.352 e. The number of amides is 2. The number of benzene rings is 1. The summed E-state index contributed by atoms with van der Waals surface area (Å²) in [4.78, 5) is 29.3. The first-order chi connectivity index (χ1) is 13.0. The zero-order chi connectivity index (χ0) is 19.0. The minimum Gasteiger partial charge on any atom is -0.352 e. The molecular weight excluding hydrogens is 338 g/mol. The average Bonchev–Trinajstić information content (AvgIpc) is 3.44. The number of likely N-dealkylation sites (tertiary alicyclic amines) is 2. The van der Waals surface area contributed by atoms with Crippen LogP contribution in [0.5, 0.6) is 0 Å². The second kappa shape index (κ2) is 7.27. The Morgan fingerprint density at radius 3 is 2.48 bits per heavy atom. The highest BCUT2D eigenvalue weighted by molar-refractivity contribution is 5.84. The molecule has 1 spiro atoms. The quantitative estimate of drug-likeness (QED) is 0.866. The van der Waals surface area contributed by atoms with Crippen LogP contribution in [0.3, 0.4) is 0 Å². The van der Waals surface area contributed by atoms with E-state index < -0.39 is 0 Å². The van der Waals surface area contributed by atoms with Crippen molar-refractivity contribution < 1.29 is 9.59 Å². The van der Waals surface area contributed by atoms with E-state index in [1.807, 2.05) is 30.1 Å². The number of nitrogens with zero attached hydrogens (tertiary/aromatic N) is 2. The predicted molar refractivity (Wildman–Crippen MR) is 105 cm³/mol. The van der Waals surface area contributed by atoms with Crippen molar-refractivity contribution in [1.29, 1.82) is 0 Å². The van der Waals surface area contributed by atoms with Gasteiger partial charge in [0.05, 0.1) is 5.41 Å². The van der Waals surface area contributed by atoms with Crippen LogP contribution in [0.15, 0.2) is 30.3 Å². The van der Waals surface area contributed by atoms with Gasteiger partial charge in [-0.1, -0.05) is 30.3 Å². The van der Waals surface area contributed by atoms with Gasteiger partial charge in [-0.2, -0.15) is 0 Å². The van der Waals surface area contributed by atoms with Gasteiger partial charge in [0.2, 0.25) is 11.8 Å². The normalized spacial score (nSPS) is 28.4. The Morgan fingerprint density at radius 1 is 1.19 bits per heavy atom. The number of carbonyl (C=O) groups is 2. The van der Waals surface area contributed by atoms with E-state index in [4.69, 9.17) is 0 Å². The maximum atomic E-state index is 12.5. The Labute approximate surface area is 162 Å². The van der Waals surface area contributed by atoms with Crippen LogP contribution in [0.1, 0.15) is 44.1 Å². The number of piperidine rings is 1. The van der Waals surface area contributed by atoms with Crippen molar-refractivity contribution in [3.63, 3.8) is 0 Å². The summed E-state index contributed by atoms with van der Waals surface area (Å²) in [5.74, 6) is 1.05. The van der Waals surface area contributed by atoms with E-state index in [-0.39, 0.29) is 23.3 Å². The first kappa shape index (κ1) is 18.5. The molecular formula is C22H31N3O2. The van der Waals surface area contributed by atoms with Crippen molar-refractivity contribution in [3.05, 3.63) is 35.9 Å². The van der Waals surface area contributed by atoms with Gasteiger partial charge < -0.3 is 15.1 Å². The first-order valence-corrected chi connectivity index (χ1v) is 10.3. The van der Waals surface area contributed by atoms with Crippen molar-refractivity contribution >= 4 is 11.8 Å². The van der Waals surface area contributed by atoms with E-state index >= 15 is 0 Å². The fraction of sp³-hybridized carbons (Fsp3) is 0.636. The summed E-state index contributed by atoms with van der Waals surface area (Å²) >= 11 is 0. The molecule has 1 N–H and O–H groups in total. The van der Waals surface area contributed by atoms with Crippen molar-refractivity contribution in [1.82, 2.24) is 15.1 Å². The summed E-state index contributed by atoms with van der Waals surface area (Å²) in [6.07, 6.45) is 3.88. The summed E-state index contributed by atoms with van der Waals surface area (Å²) in [6.45, 7) is 5.77. The summed E-state index contributed by atoms with van der Waals surface area (Å²) in [7, 11) is 1.92. The first-order valence-electron chi connectivity index (χ1n) is 10.3. The zero-order valence-corrected chi connectivity index (χ0v) is 16.5. The minimum atomic E-state index is -0.103. The molecule has 1 aromatic carbocycles. The molecule has 5 heteroatoms. The van der Waals surface area contributed by atoms with Gasteiger partial charge in [-0.25, -0.2) is 0 Å². The topological polar surface area (TPSA) is 52.6 Å². The molecule has 3 atom stereocenters. The number of hydrogen-bond acceptors (Lipinski definition) is 3. The third-order valence-electron chi connectivity index (χ3n) is 6.81. The van der Waals surface area contributed by atoms with Crippen molar-refractivity contribution in [2.24, 2.45) is 11.3 Å². The van der Waals surface area contributed by atoms with Gasteiger partial charge in [0.25, 0.3) is 0 Å². The van der Waals surface area contributed by atoms with Crippen LogP contribution in [-0.4, -0.2) is 60.9 Å². The van der Waals surface area contributed by atoms with Gasteiger partial charge in [0, 0.05) is 32.1 Å². The van der Waals surface area contributed by atoms with Crippen LogP contribution in [0.4, 0.5) is 0 Å². The van der Waals surface area contributed by atoms with Crippen LogP contribution in [0.25, 0.3) is 0 Å². The molecule has 2 aliphatic heterocycles. The molecule has 0 bridgehead atoms. The van der Waals surface area contributed by atoms with E-state index in [1.54, 1.807) is 0 Å². The van der Waals surface area contributed by atoms with E-state index in [9.17, 15) is 9.59 Å². The van der Waals surface area contributed by atoms with E-state index in [0.717, 1.165) is 51.9 Å². The van der Waals surface area contributed by atoms with Crippen molar-refractivity contribution in [2.75, 3.05) is 33.2 Å². The fourth-order valence-corrected chi connectivity index (χ4v) is 4.96. The molecule has 27 heavy (non-hydrogen) atoms. The Bertz CT molecular complexity index is 697. The lowest BCUT2D eigenvalue weighted by Gasteiger charge is -2.38. The van der Waals surface area contributed by atoms with Gasteiger partial charge in [0.15, 0.2) is 0 Å². The molecule has 0 aromatic heterocycles. The number of rotatable bonds is 5. The van der Waals surface area contributed by atoms with Gasteiger partial charge in [0.1, 0.15) is 0 Å². The monoisotopic (exact) mass is 369 g/mol. The Morgan fingerprint density at radius 2 is 1.85 bits per heavy atom. The molecule has 0 unspecified atom stereocenters. The van der Waals surface area contributed by atoms with Gasteiger partial charge in [-0.15, -0.1) is 0 Å². The molecule has 146 valence electrons. The van der Waals surface area contributed by atoms with Crippen LogP contribution >= 0.6 is 0 Å². The maximum absolute atomic E-state index is 12.5.